The lowest BCUT2D eigenvalue weighted by molar-refractivity contribution is -0.143. The molecule has 0 saturated carbocycles. The van der Waals surface area contributed by atoms with Crippen molar-refractivity contribution in [3.05, 3.63) is 0 Å². The Morgan fingerprint density at radius 1 is 1.47 bits per heavy atom. The Hall–Kier alpha value is -1.70. The molecule has 3 atom stereocenters. The molecule has 106 valence electrons. The summed E-state index contributed by atoms with van der Waals surface area (Å²) >= 11 is 0. The zero-order valence-electron chi connectivity index (χ0n) is 11.8. The van der Waals surface area contributed by atoms with Gasteiger partial charge in [0.25, 0.3) is 0 Å². The molecule has 1 saturated heterocycles. The van der Waals surface area contributed by atoms with E-state index in [4.69, 9.17) is 11.2 Å². The molecule has 1 N–H and O–H groups in total. The molecule has 5 nitrogen and oxygen atoms in total. The molecule has 0 aromatic carbocycles. The highest BCUT2D eigenvalue weighted by molar-refractivity contribution is 5.82. The van der Waals surface area contributed by atoms with Gasteiger partial charge < -0.3 is 9.84 Å². The Morgan fingerprint density at radius 2 is 2.05 bits per heavy atom. The first-order valence-electron chi connectivity index (χ1n) is 6.41. The van der Waals surface area contributed by atoms with Crippen LogP contribution in [-0.4, -0.2) is 39.8 Å². The van der Waals surface area contributed by atoms with Crippen molar-refractivity contribution in [2.45, 2.75) is 58.2 Å². The molecule has 5 heteroatoms. The van der Waals surface area contributed by atoms with Crippen molar-refractivity contribution in [1.29, 1.82) is 0 Å². The van der Waals surface area contributed by atoms with E-state index in [1.54, 1.807) is 20.8 Å². The average Bonchev–Trinajstić information content (AvgIpc) is 2.65. The molecule has 1 amide bonds. The van der Waals surface area contributed by atoms with Gasteiger partial charge in [-0.15, -0.1) is 6.42 Å². The van der Waals surface area contributed by atoms with Crippen LogP contribution in [0.2, 0.25) is 0 Å². The number of terminal acetylenes is 1. The maximum absolute atomic E-state index is 12.2. The van der Waals surface area contributed by atoms with Gasteiger partial charge in [0, 0.05) is 0 Å². The first-order valence-corrected chi connectivity index (χ1v) is 6.41. The number of hydrogen-bond donors (Lipinski definition) is 1. The highest BCUT2D eigenvalue weighted by Gasteiger charge is 2.47. The van der Waals surface area contributed by atoms with Crippen molar-refractivity contribution in [3.63, 3.8) is 0 Å². The van der Waals surface area contributed by atoms with Gasteiger partial charge in [-0.3, -0.25) is 4.90 Å². The summed E-state index contributed by atoms with van der Waals surface area (Å²) in [7, 11) is 0. The predicted octanol–water partition coefficient (Wildman–Crippen LogP) is 2.11. The van der Waals surface area contributed by atoms with Crippen LogP contribution in [0.25, 0.3) is 0 Å². The number of carbonyl (C=O) groups excluding carboxylic acids is 1. The minimum atomic E-state index is -1.03. The number of ether oxygens (including phenoxy) is 1. The summed E-state index contributed by atoms with van der Waals surface area (Å²) in [5.74, 6) is 1.33. The molecule has 1 heterocycles. The van der Waals surface area contributed by atoms with E-state index < -0.39 is 29.7 Å². The van der Waals surface area contributed by atoms with Crippen molar-refractivity contribution < 1.29 is 19.4 Å². The number of aliphatic carboxylic acids is 1. The Labute approximate surface area is 113 Å². The fraction of sp³-hybridized carbons (Fsp3) is 0.714. The predicted molar refractivity (Wildman–Crippen MR) is 70.5 cm³/mol. The summed E-state index contributed by atoms with van der Waals surface area (Å²) in [6.07, 6.45) is 5.92. The molecule has 19 heavy (non-hydrogen) atoms. The summed E-state index contributed by atoms with van der Waals surface area (Å²) in [4.78, 5) is 24.7. The fourth-order valence-corrected chi connectivity index (χ4v) is 2.36. The normalized spacial score (nSPS) is 26.9. The second-order valence-corrected chi connectivity index (χ2v) is 5.76. The molecule has 0 radical (unpaired) electrons. The highest BCUT2D eigenvalue weighted by atomic mass is 16.6. The molecular weight excluding hydrogens is 246 g/mol. The lowest BCUT2D eigenvalue weighted by Gasteiger charge is -2.29. The zero-order chi connectivity index (χ0) is 14.8. The average molecular weight is 267 g/mol. The minimum absolute atomic E-state index is 0.133. The van der Waals surface area contributed by atoms with Gasteiger partial charge in [-0.25, -0.2) is 9.59 Å². The molecule has 1 fully saturated rings. The summed E-state index contributed by atoms with van der Waals surface area (Å²) < 4.78 is 5.26. The SMILES string of the molecule is C#C[C@@H]1C[C@H](CC)C(C(=O)O)N1C(=O)OC(C)(C)C. The molecule has 0 aromatic rings. The Bertz CT molecular complexity index is 405. The maximum atomic E-state index is 12.2. The quantitative estimate of drug-likeness (QED) is 0.778. The first-order chi connectivity index (χ1) is 8.71. The van der Waals surface area contributed by atoms with E-state index in [2.05, 4.69) is 5.92 Å². The molecule has 1 aliphatic rings. The third-order valence-corrected chi connectivity index (χ3v) is 3.18. The van der Waals surface area contributed by atoms with Gasteiger partial charge in [0.15, 0.2) is 0 Å². The van der Waals surface area contributed by atoms with Gasteiger partial charge >= 0.3 is 12.1 Å². The maximum Gasteiger partial charge on any atom is 0.412 e. The van der Waals surface area contributed by atoms with E-state index in [9.17, 15) is 14.7 Å². The van der Waals surface area contributed by atoms with Crippen LogP contribution in [0.15, 0.2) is 0 Å². The van der Waals surface area contributed by atoms with Crippen molar-refractivity contribution in [2.75, 3.05) is 0 Å². The molecule has 0 bridgehead atoms. The van der Waals surface area contributed by atoms with Gasteiger partial charge in [0.05, 0.1) is 6.04 Å². The second-order valence-electron chi connectivity index (χ2n) is 5.76. The number of likely N-dealkylation sites (tertiary alicyclic amines) is 1. The van der Waals surface area contributed by atoms with Crippen LogP contribution in [0.4, 0.5) is 4.79 Å². The van der Waals surface area contributed by atoms with E-state index in [0.29, 0.717) is 12.8 Å². The lowest BCUT2D eigenvalue weighted by Crippen LogP contribution is -2.48. The van der Waals surface area contributed by atoms with Crippen LogP contribution >= 0.6 is 0 Å². The van der Waals surface area contributed by atoms with Crippen LogP contribution in [0.1, 0.15) is 40.5 Å². The Kier molecular flexibility index (Phi) is 4.46. The lowest BCUT2D eigenvalue weighted by atomic mass is 9.96. The number of carbonyl (C=O) groups is 2. The second kappa shape index (κ2) is 5.52. The van der Waals surface area contributed by atoms with E-state index in [1.807, 2.05) is 6.92 Å². The fourth-order valence-electron chi connectivity index (χ4n) is 2.36. The number of carboxylic acid groups (broad SMARTS) is 1. The Balaban J connectivity index is 3.02. The van der Waals surface area contributed by atoms with Crippen molar-refractivity contribution >= 4 is 12.1 Å². The molecule has 1 unspecified atom stereocenters. The summed E-state index contributed by atoms with van der Waals surface area (Å²) in [6.45, 7) is 7.10. The third kappa shape index (κ3) is 3.40. The van der Waals surface area contributed by atoms with Crippen molar-refractivity contribution in [1.82, 2.24) is 4.90 Å². The highest BCUT2D eigenvalue weighted by Crippen LogP contribution is 2.33. The van der Waals surface area contributed by atoms with E-state index in [-0.39, 0.29) is 5.92 Å². The molecule has 0 aromatic heterocycles. The van der Waals surface area contributed by atoms with Gasteiger partial charge in [-0.2, -0.15) is 0 Å². The van der Waals surface area contributed by atoms with Crippen molar-refractivity contribution in [2.24, 2.45) is 5.92 Å². The van der Waals surface area contributed by atoms with Crippen LogP contribution < -0.4 is 0 Å². The topological polar surface area (TPSA) is 66.8 Å². The number of amides is 1. The van der Waals surface area contributed by atoms with Crippen LogP contribution in [0.5, 0.6) is 0 Å². The summed E-state index contributed by atoms with van der Waals surface area (Å²) in [5, 5.41) is 9.33. The molecule has 0 aliphatic carbocycles. The standard InChI is InChI=1S/C14H21NO4/c1-6-9-8-10(7-2)15(11(9)12(16)17)13(18)19-14(3,4)5/h2,9-11H,6,8H2,1,3-5H3,(H,16,17)/t9-,10+,11?/m0/s1. The largest absolute Gasteiger partial charge is 0.480 e. The van der Waals surface area contributed by atoms with Crippen molar-refractivity contribution in [3.8, 4) is 12.3 Å². The van der Waals surface area contributed by atoms with Gasteiger partial charge in [-0.05, 0) is 33.1 Å². The molecule has 1 rings (SSSR count). The van der Waals surface area contributed by atoms with E-state index in [1.165, 1.54) is 4.90 Å². The third-order valence-electron chi connectivity index (χ3n) is 3.18. The van der Waals surface area contributed by atoms with Crippen LogP contribution in [0, 0.1) is 18.3 Å². The summed E-state index contributed by atoms with van der Waals surface area (Å²) in [5.41, 5.74) is -0.677. The minimum Gasteiger partial charge on any atom is -0.480 e. The first kappa shape index (κ1) is 15.4. The van der Waals surface area contributed by atoms with E-state index in [0.717, 1.165) is 0 Å². The number of nitrogens with zero attached hydrogens (tertiary/aromatic N) is 1. The zero-order valence-corrected chi connectivity index (χ0v) is 11.8. The molecule has 1 aliphatic heterocycles. The number of carboxylic acids is 1. The van der Waals surface area contributed by atoms with Gasteiger partial charge in [-0.1, -0.05) is 19.3 Å². The number of rotatable bonds is 2. The Morgan fingerprint density at radius 3 is 2.42 bits per heavy atom. The number of hydrogen-bond acceptors (Lipinski definition) is 3. The monoisotopic (exact) mass is 267 g/mol. The molecule has 0 spiro atoms. The van der Waals surface area contributed by atoms with Crippen LogP contribution in [0.3, 0.4) is 0 Å². The summed E-state index contributed by atoms with van der Waals surface area (Å²) in [6, 6.07) is -1.42. The van der Waals surface area contributed by atoms with Gasteiger partial charge in [0.2, 0.25) is 0 Å². The molecular formula is C14H21NO4. The van der Waals surface area contributed by atoms with Gasteiger partial charge in [0.1, 0.15) is 11.6 Å². The van der Waals surface area contributed by atoms with E-state index >= 15 is 0 Å². The van der Waals surface area contributed by atoms with Crippen LogP contribution in [-0.2, 0) is 9.53 Å². The smallest absolute Gasteiger partial charge is 0.412 e.